The summed E-state index contributed by atoms with van der Waals surface area (Å²) in [6.45, 7) is -1.04. The van der Waals surface area contributed by atoms with Crippen LogP contribution in [0.1, 0.15) is 11.1 Å². The number of phosphoric acid groups is 1. The number of phosphoric ester groups is 1. The van der Waals surface area contributed by atoms with E-state index in [2.05, 4.69) is 14.7 Å². The summed E-state index contributed by atoms with van der Waals surface area (Å²) in [4.78, 5) is 39.9. The summed E-state index contributed by atoms with van der Waals surface area (Å²) in [5.41, 5.74) is 3.18. The highest BCUT2D eigenvalue weighted by molar-refractivity contribution is 7.46. The number of aliphatic carboxylic acids is 1. The first-order valence-electron chi connectivity index (χ1n) is 6.74. The highest BCUT2D eigenvalue weighted by Crippen LogP contribution is 2.44. The van der Waals surface area contributed by atoms with Gasteiger partial charge in [0.05, 0.1) is 6.61 Å². The molecular formula is C12H15N2O10P. The number of carboxylic acid groups (broad SMARTS) is 1. The van der Waals surface area contributed by atoms with Crippen molar-refractivity contribution >= 4 is 19.9 Å². The van der Waals surface area contributed by atoms with E-state index in [-0.39, 0.29) is 12.0 Å². The molecule has 0 unspecified atom stereocenters. The van der Waals surface area contributed by atoms with Crippen molar-refractivity contribution in [2.45, 2.75) is 12.0 Å². The van der Waals surface area contributed by atoms with Crippen LogP contribution in [0.25, 0.3) is 0 Å². The maximum atomic E-state index is 11.5. The van der Waals surface area contributed by atoms with Crippen molar-refractivity contribution in [1.82, 2.24) is 10.9 Å². The molecule has 2 rings (SSSR count). The number of benzene rings is 1. The number of amides is 1. The van der Waals surface area contributed by atoms with Crippen LogP contribution in [0.2, 0.25) is 0 Å². The van der Waals surface area contributed by atoms with Gasteiger partial charge >= 0.3 is 19.9 Å². The number of ether oxygens (including phenoxy) is 1. The van der Waals surface area contributed by atoms with E-state index in [1.165, 1.54) is 6.07 Å². The van der Waals surface area contributed by atoms with Gasteiger partial charge in [-0.3, -0.25) is 9.95 Å². The Balaban J connectivity index is 1.93. The first-order valence-corrected chi connectivity index (χ1v) is 8.27. The first-order chi connectivity index (χ1) is 11.5. The maximum absolute atomic E-state index is 11.5. The standard InChI is InChI=1S/C12H15N2O10P/c15-8-3-6-5-12(10(17)18,7(6)4-9(8)16)14-13-11(19)23-1-2-24-25(20,21)22/h3-4,14-16H,1-2,5H2,(H,13,19)(H,17,18)(H2,20,21,22)/t12-/m1/s1. The Kier molecular flexibility index (Phi) is 5.20. The van der Waals surface area contributed by atoms with Gasteiger partial charge < -0.3 is 29.8 Å². The normalized spacial score (nSPS) is 18.8. The number of rotatable bonds is 7. The van der Waals surface area contributed by atoms with Gasteiger partial charge in [-0.15, -0.1) is 0 Å². The molecule has 0 spiro atoms. The summed E-state index contributed by atoms with van der Waals surface area (Å²) in [5, 5.41) is 28.3. The van der Waals surface area contributed by atoms with E-state index in [4.69, 9.17) is 9.79 Å². The third-order valence-corrected chi connectivity index (χ3v) is 3.95. The van der Waals surface area contributed by atoms with E-state index in [0.717, 1.165) is 6.07 Å². The third-order valence-electron chi connectivity index (χ3n) is 3.43. The molecule has 138 valence electrons. The van der Waals surface area contributed by atoms with Crippen molar-refractivity contribution in [3.05, 3.63) is 23.3 Å². The Morgan fingerprint density at radius 2 is 1.84 bits per heavy atom. The van der Waals surface area contributed by atoms with Crippen molar-refractivity contribution in [3.8, 4) is 11.5 Å². The molecule has 13 heteroatoms. The summed E-state index contributed by atoms with van der Waals surface area (Å²) in [6, 6.07) is 2.28. The number of nitrogens with one attached hydrogen (secondary N) is 2. The smallest absolute Gasteiger partial charge is 0.469 e. The number of hydrogen-bond acceptors (Lipinski definition) is 8. The van der Waals surface area contributed by atoms with Crippen LogP contribution in [-0.2, 0) is 30.6 Å². The lowest BCUT2D eigenvalue weighted by Gasteiger charge is -2.40. The molecule has 0 aromatic heterocycles. The molecule has 0 saturated carbocycles. The van der Waals surface area contributed by atoms with E-state index in [9.17, 15) is 29.5 Å². The van der Waals surface area contributed by atoms with Crippen LogP contribution in [0.4, 0.5) is 4.79 Å². The van der Waals surface area contributed by atoms with Gasteiger partial charge in [-0.2, -0.15) is 0 Å². The van der Waals surface area contributed by atoms with Crippen LogP contribution in [0.15, 0.2) is 12.1 Å². The monoisotopic (exact) mass is 378 g/mol. The quantitative estimate of drug-likeness (QED) is 0.137. The number of carbonyl (C=O) groups is 2. The molecule has 0 heterocycles. The molecule has 0 saturated heterocycles. The topological polar surface area (TPSA) is 195 Å². The second kappa shape index (κ2) is 6.86. The second-order valence-electron chi connectivity index (χ2n) is 5.10. The van der Waals surface area contributed by atoms with Crippen LogP contribution in [0, 0.1) is 0 Å². The van der Waals surface area contributed by atoms with Crippen molar-refractivity contribution in [2.24, 2.45) is 0 Å². The lowest BCUT2D eigenvalue weighted by molar-refractivity contribution is -0.147. The Bertz CT molecular complexity index is 748. The fourth-order valence-corrected chi connectivity index (χ4v) is 2.59. The zero-order chi connectivity index (χ0) is 18.8. The molecule has 1 aromatic carbocycles. The van der Waals surface area contributed by atoms with Gasteiger partial charge in [-0.25, -0.2) is 19.6 Å². The fraction of sp³-hybridized carbons (Fsp3) is 0.333. The number of carbonyl (C=O) groups excluding carboxylic acids is 1. The molecule has 1 amide bonds. The highest BCUT2D eigenvalue weighted by atomic mass is 31.2. The molecule has 1 atom stereocenters. The minimum atomic E-state index is -4.67. The molecule has 12 nitrogen and oxygen atoms in total. The number of aromatic hydroxyl groups is 2. The molecule has 0 bridgehead atoms. The summed E-state index contributed by atoms with van der Waals surface area (Å²) in [6.07, 6.45) is -1.18. The Morgan fingerprint density at radius 3 is 2.44 bits per heavy atom. The molecule has 1 aliphatic carbocycles. The summed E-state index contributed by atoms with van der Waals surface area (Å²) in [5.74, 6) is -2.24. The molecule has 7 N–H and O–H groups in total. The summed E-state index contributed by atoms with van der Waals surface area (Å²) < 4.78 is 19.0. The predicted molar refractivity (Wildman–Crippen MR) is 78.4 cm³/mol. The molecular weight excluding hydrogens is 363 g/mol. The van der Waals surface area contributed by atoms with Crippen LogP contribution in [0.5, 0.6) is 11.5 Å². The zero-order valence-electron chi connectivity index (χ0n) is 12.5. The highest BCUT2D eigenvalue weighted by Gasteiger charge is 2.50. The predicted octanol–water partition coefficient (Wildman–Crippen LogP) is -0.726. The minimum absolute atomic E-state index is 0.0763. The van der Waals surface area contributed by atoms with E-state index < -0.39 is 50.1 Å². The zero-order valence-corrected chi connectivity index (χ0v) is 13.4. The molecule has 1 aliphatic rings. The second-order valence-corrected chi connectivity index (χ2v) is 6.33. The molecule has 25 heavy (non-hydrogen) atoms. The van der Waals surface area contributed by atoms with Crippen molar-refractivity contribution in [1.29, 1.82) is 0 Å². The maximum Gasteiger partial charge on any atom is 0.469 e. The van der Waals surface area contributed by atoms with E-state index >= 15 is 0 Å². The Morgan fingerprint density at radius 1 is 1.20 bits per heavy atom. The van der Waals surface area contributed by atoms with Gasteiger partial charge in [-0.1, -0.05) is 0 Å². The Labute approximate surface area is 140 Å². The molecule has 0 aliphatic heterocycles. The minimum Gasteiger partial charge on any atom is -0.504 e. The van der Waals surface area contributed by atoms with Crippen LogP contribution in [0.3, 0.4) is 0 Å². The molecule has 0 fully saturated rings. The van der Waals surface area contributed by atoms with Crippen LogP contribution in [-0.4, -0.2) is 50.4 Å². The van der Waals surface area contributed by atoms with Gasteiger partial charge in [0.25, 0.3) is 0 Å². The average molecular weight is 378 g/mol. The van der Waals surface area contributed by atoms with E-state index in [1.54, 1.807) is 0 Å². The van der Waals surface area contributed by atoms with Crippen LogP contribution >= 0.6 is 7.82 Å². The third kappa shape index (κ3) is 4.18. The number of phenolic OH excluding ortho intramolecular Hbond substituents is 2. The lowest BCUT2D eigenvalue weighted by Crippen LogP contribution is -2.62. The van der Waals surface area contributed by atoms with Crippen molar-refractivity contribution < 1.29 is 48.5 Å². The number of hydrogen-bond donors (Lipinski definition) is 7. The van der Waals surface area contributed by atoms with Gasteiger partial charge in [0.2, 0.25) is 0 Å². The van der Waals surface area contributed by atoms with Gasteiger partial charge in [-0.05, 0) is 23.3 Å². The number of phenols is 2. The summed E-state index contributed by atoms with van der Waals surface area (Å²) >= 11 is 0. The van der Waals surface area contributed by atoms with Gasteiger partial charge in [0.15, 0.2) is 17.0 Å². The van der Waals surface area contributed by atoms with Crippen molar-refractivity contribution in [2.75, 3.05) is 13.2 Å². The number of hydrazine groups is 1. The first kappa shape index (κ1) is 19.0. The molecule has 1 aromatic rings. The lowest BCUT2D eigenvalue weighted by atomic mass is 9.70. The van der Waals surface area contributed by atoms with E-state index in [0.29, 0.717) is 5.56 Å². The Hall–Kier alpha value is -2.37. The summed E-state index contributed by atoms with van der Waals surface area (Å²) in [7, 11) is -4.67. The van der Waals surface area contributed by atoms with E-state index in [1.807, 2.05) is 5.43 Å². The van der Waals surface area contributed by atoms with Gasteiger partial charge in [0.1, 0.15) is 6.61 Å². The van der Waals surface area contributed by atoms with Gasteiger partial charge in [0, 0.05) is 6.42 Å². The van der Waals surface area contributed by atoms with Crippen LogP contribution < -0.4 is 10.9 Å². The molecule has 0 radical (unpaired) electrons. The average Bonchev–Trinajstić information content (AvgIpc) is 2.48. The van der Waals surface area contributed by atoms with Crippen molar-refractivity contribution in [3.63, 3.8) is 0 Å². The number of carboxylic acids is 1. The number of fused-ring (bicyclic) bond motifs is 1. The fourth-order valence-electron chi connectivity index (χ4n) is 2.28. The largest absolute Gasteiger partial charge is 0.504 e. The SMILES string of the molecule is O=C(NN[C@]1(C(=O)O)Cc2cc(O)c(O)cc21)OCCOP(=O)(O)O.